The number of hydrogen-bond donors (Lipinski definition) is 1. The fourth-order valence-electron chi connectivity index (χ4n) is 1.60. The van der Waals surface area contributed by atoms with E-state index in [1.165, 1.54) is 6.08 Å². The van der Waals surface area contributed by atoms with Crippen molar-refractivity contribution in [3.8, 4) is 0 Å². The average molecular weight is 332 g/mol. The summed E-state index contributed by atoms with van der Waals surface area (Å²) in [5, 5.41) is 0. The molecule has 1 N–H and O–H groups in total. The van der Waals surface area contributed by atoms with E-state index in [1.807, 2.05) is 26.8 Å². The predicted molar refractivity (Wildman–Crippen MR) is 78.4 cm³/mol. The minimum atomic E-state index is -3.48. The lowest BCUT2D eigenvalue weighted by atomic mass is 10.0. The van der Waals surface area contributed by atoms with Crippen LogP contribution in [0.5, 0.6) is 0 Å². The molecule has 0 aliphatic carbocycles. The summed E-state index contributed by atoms with van der Waals surface area (Å²) in [5.41, 5.74) is 1.71. The van der Waals surface area contributed by atoms with Gasteiger partial charge in [-0.1, -0.05) is 35.9 Å². The molecule has 0 amide bonds. The Hall–Kier alpha value is -0.650. The maximum absolute atomic E-state index is 12.2. The fourth-order valence-corrected chi connectivity index (χ4v) is 3.39. The highest BCUT2D eigenvalue weighted by Gasteiger charge is 2.20. The Morgan fingerprint density at radius 3 is 2.56 bits per heavy atom. The Bertz CT molecular complexity index is 550. The van der Waals surface area contributed by atoms with Crippen molar-refractivity contribution in [2.24, 2.45) is 0 Å². The zero-order valence-electron chi connectivity index (χ0n) is 10.8. The monoisotopic (exact) mass is 331 g/mol. The van der Waals surface area contributed by atoms with Gasteiger partial charge in [-0.2, -0.15) is 0 Å². The number of rotatable bonds is 5. The van der Waals surface area contributed by atoms with Gasteiger partial charge in [0.2, 0.25) is 10.0 Å². The second kappa shape index (κ2) is 5.99. The topological polar surface area (TPSA) is 46.2 Å². The molecular weight excluding hydrogens is 314 g/mol. The zero-order valence-corrected chi connectivity index (χ0v) is 13.2. The first-order chi connectivity index (χ1) is 8.29. The van der Waals surface area contributed by atoms with Crippen molar-refractivity contribution in [3.05, 3.63) is 40.4 Å². The van der Waals surface area contributed by atoms with Gasteiger partial charge in [0.15, 0.2) is 0 Å². The molecule has 0 saturated carbocycles. The molecule has 0 heterocycles. The lowest BCUT2D eigenvalue weighted by molar-refractivity contribution is 0.583. The molecule has 0 bridgehead atoms. The maximum atomic E-state index is 12.2. The van der Waals surface area contributed by atoms with E-state index in [1.54, 1.807) is 6.07 Å². The van der Waals surface area contributed by atoms with E-state index in [-0.39, 0.29) is 12.5 Å². The predicted octanol–water partition coefficient (Wildman–Crippen LogP) is 3.35. The zero-order chi connectivity index (χ0) is 13.9. The normalized spacial score (nSPS) is 11.8. The van der Waals surface area contributed by atoms with Crippen molar-refractivity contribution in [1.29, 1.82) is 0 Å². The van der Waals surface area contributed by atoms with Crippen LogP contribution in [-0.2, 0) is 10.0 Å². The molecule has 18 heavy (non-hydrogen) atoms. The minimum absolute atomic E-state index is 0.136. The molecule has 0 aliphatic heterocycles. The second-order valence-electron chi connectivity index (χ2n) is 4.43. The van der Waals surface area contributed by atoms with Gasteiger partial charge in [0.1, 0.15) is 0 Å². The van der Waals surface area contributed by atoms with Crippen LogP contribution >= 0.6 is 15.9 Å². The first-order valence-electron chi connectivity index (χ1n) is 5.70. The van der Waals surface area contributed by atoms with Crippen LogP contribution in [0.25, 0.3) is 0 Å². The number of benzene rings is 1. The van der Waals surface area contributed by atoms with E-state index in [0.29, 0.717) is 4.90 Å². The quantitative estimate of drug-likeness (QED) is 0.841. The van der Waals surface area contributed by atoms with Crippen LogP contribution < -0.4 is 4.72 Å². The Labute approximate surface area is 117 Å². The van der Waals surface area contributed by atoms with Gasteiger partial charge in [-0.05, 0) is 36.1 Å². The van der Waals surface area contributed by atoms with E-state index < -0.39 is 10.0 Å². The van der Waals surface area contributed by atoms with Crippen molar-refractivity contribution in [1.82, 2.24) is 4.72 Å². The second-order valence-corrected chi connectivity index (χ2v) is 7.02. The molecule has 0 atom stereocenters. The van der Waals surface area contributed by atoms with Gasteiger partial charge in [0.25, 0.3) is 0 Å². The van der Waals surface area contributed by atoms with E-state index in [2.05, 4.69) is 27.2 Å². The summed E-state index contributed by atoms with van der Waals surface area (Å²) in [5.74, 6) is 0.136. The molecule has 0 aromatic heterocycles. The summed E-state index contributed by atoms with van der Waals surface area (Å²) in [6.45, 7) is 9.57. The average Bonchev–Trinajstić information content (AvgIpc) is 2.29. The minimum Gasteiger partial charge on any atom is -0.207 e. The third kappa shape index (κ3) is 3.43. The van der Waals surface area contributed by atoms with Crippen LogP contribution in [0.2, 0.25) is 0 Å². The van der Waals surface area contributed by atoms with Crippen molar-refractivity contribution in [2.75, 3.05) is 6.54 Å². The van der Waals surface area contributed by atoms with E-state index >= 15 is 0 Å². The van der Waals surface area contributed by atoms with Gasteiger partial charge < -0.3 is 0 Å². The van der Waals surface area contributed by atoms with E-state index in [0.717, 1.165) is 15.6 Å². The summed E-state index contributed by atoms with van der Waals surface area (Å²) < 4.78 is 27.8. The largest absolute Gasteiger partial charge is 0.241 e. The Kier molecular flexibility index (Phi) is 5.13. The van der Waals surface area contributed by atoms with Crippen LogP contribution in [-0.4, -0.2) is 15.0 Å². The number of aryl methyl sites for hydroxylation is 1. The van der Waals surface area contributed by atoms with Crippen LogP contribution in [0.3, 0.4) is 0 Å². The summed E-state index contributed by atoms with van der Waals surface area (Å²) in [6.07, 6.45) is 1.53. The number of sulfonamides is 1. The molecular formula is C13H18BrNO2S. The molecule has 0 spiro atoms. The molecule has 0 unspecified atom stereocenters. The van der Waals surface area contributed by atoms with Crippen LogP contribution in [0, 0.1) is 6.92 Å². The molecule has 5 heteroatoms. The standard InChI is InChI=1S/C13H18BrNO2S/c1-5-6-15-18(16,17)13-7-10(4)12(14)8-11(13)9(2)3/h5,7-9,15H,1,6H2,2-4H3. The molecule has 0 aliphatic rings. The first-order valence-corrected chi connectivity index (χ1v) is 7.97. The van der Waals surface area contributed by atoms with Crippen LogP contribution in [0.15, 0.2) is 34.2 Å². The van der Waals surface area contributed by atoms with Crippen molar-refractivity contribution < 1.29 is 8.42 Å². The Morgan fingerprint density at radius 2 is 2.06 bits per heavy atom. The summed E-state index contributed by atoms with van der Waals surface area (Å²) in [6, 6.07) is 3.58. The smallest absolute Gasteiger partial charge is 0.207 e. The number of halogens is 1. The van der Waals surface area contributed by atoms with Crippen molar-refractivity contribution in [3.63, 3.8) is 0 Å². The van der Waals surface area contributed by atoms with Gasteiger partial charge in [-0.3, -0.25) is 0 Å². The van der Waals surface area contributed by atoms with Gasteiger partial charge in [0, 0.05) is 11.0 Å². The maximum Gasteiger partial charge on any atom is 0.241 e. The molecule has 1 aromatic rings. The lowest BCUT2D eigenvalue weighted by Crippen LogP contribution is -2.25. The molecule has 0 radical (unpaired) electrons. The third-order valence-corrected chi connectivity index (χ3v) is 4.95. The number of nitrogens with one attached hydrogen (secondary N) is 1. The molecule has 1 aromatic carbocycles. The third-order valence-electron chi connectivity index (χ3n) is 2.62. The first kappa shape index (κ1) is 15.4. The summed E-state index contributed by atoms with van der Waals surface area (Å²) in [4.78, 5) is 0.347. The highest BCUT2D eigenvalue weighted by Crippen LogP contribution is 2.29. The highest BCUT2D eigenvalue weighted by molar-refractivity contribution is 9.10. The Morgan fingerprint density at radius 1 is 1.44 bits per heavy atom. The number of hydrogen-bond acceptors (Lipinski definition) is 2. The summed E-state index contributed by atoms with van der Waals surface area (Å²) in [7, 11) is -3.48. The van der Waals surface area contributed by atoms with Crippen molar-refractivity contribution in [2.45, 2.75) is 31.6 Å². The molecule has 0 fully saturated rings. The molecule has 0 saturated heterocycles. The fraction of sp³-hybridized carbons (Fsp3) is 0.385. The summed E-state index contributed by atoms with van der Waals surface area (Å²) >= 11 is 3.44. The van der Waals surface area contributed by atoms with Crippen LogP contribution in [0.4, 0.5) is 0 Å². The van der Waals surface area contributed by atoms with Gasteiger partial charge in [-0.15, -0.1) is 6.58 Å². The molecule has 3 nitrogen and oxygen atoms in total. The van der Waals surface area contributed by atoms with Gasteiger partial charge >= 0.3 is 0 Å². The Balaban J connectivity index is 3.38. The molecule has 1 rings (SSSR count). The van der Waals surface area contributed by atoms with Gasteiger partial charge in [-0.25, -0.2) is 13.1 Å². The SMILES string of the molecule is C=CCNS(=O)(=O)c1cc(C)c(Br)cc1C(C)C. The van der Waals surface area contributed by atoms with Crippen LogP contribution in [0.1, 0.15) is 30.9 Å². The van der Waals surface area contributed by atoms with Gasteiger partial charge in [0.05, 0.1) is 4.90 Å². The lowest BCUT2D eigenvalue weighted by Gasteiger charge is -2.15. The highest BCUT2D eigenvalue weighted by atomic mass is 79.9. The van der Waals surface area contributed by atoms with E-state index in [9.17, 15) is 8.42 Å². The van der Waals surface area contributed by atoms with E-state index in [4.69, 9.17) is 0 Å². The van der Waals surface area contributed by atoms with Crippen molar-refractivity contribution >= 4 is 26.0 Å². The molecule has 100 valence electrons.